The molecule has 0 spiro atoms. The number of anilines is 2. The fourth-order valence-electron chi connectivity index (χ4n) is 5.02. The number of carbonyl (C=O) groups excluding carboxylic acids is 1. The molecule has 2 aromatic heterocycles. The Hall–Kier alpha value is -4.90. The van der Waals surface area contributed by atoms with Crippen molar-refractivity contribution in [1.82, 2.24) is 15.3 Å². The van der Waals surface area contributed by atoms with Gasteiger partial charge in [-0.1, -0.05) is 42.5 Å². The topological polar surface area (TPSA) is 114 Å². The molecule has 1 aliphatic rings. The summed E-state index contributed by atoms with van der Waals surface area (Å²) in [4.78, 5) is 34.2. The highest BCUT2D eigenvalue weighted by atomic mass is 16.2. The van der Waals surface area contributed by atoms with E-state index >= 15 is 0 Å². The van der Waals surface area contributed by atoms with Crippen LogP contribution in [-0.2, 0) is 6.54 Å². The number of rotatable bonds is 7. The average Bonchev–Trinajstić information content (AvgIpc) is 2.98. The maximum absolute atomic E-state index is 13.6. The van der Waals surface area contributed by atoms with Crippen molar-refractivity contribution in [3.63, 3.8) is 0 Å². The van der Waals surface area contributed by atoms with Crippen molar-refractivity contribution in [2.24, 2.45) is 0 Å². The lowest BCUT2D eigenvalue weighted by atomic mass is 9.89. The van der Waals surface area contributed by atoms with Crippen molar-refractivity contribution >= 4 is 17.5 Å². The van der Waals surface area contributed by atoms with Gasteiger partial charge in [0.25, 0.3) is 0 Å². The Kier molecular flexibility index (Phi) is 7.98. The third-order valence-electron chi connectivity index (χ3n) is 7.07. The third kappa shape index (κ3) is 6.51. The fraction of sp³-hybridized carbons (Fsp3) is 0.226. The molecule has 1 saturated carbocycles. The standard InChI is InChI=1S/C31H30N6O2/c32-19-23-6-15-29(34-21-23)36-26-9-13-28(14-10-26)37(31(39)35-20-22-4-2-1-3-5-22)27-11-7-24(8-12-27)25-16-17-33-30(38)18-25/h1-8,11-12,15-18,21,26,28H,9-10,13-14,20H2,(H,33,38)(H,34,36)(H,35,39)/t26-,28-. The summed E-state index contributed by atoms with van der Waals surface area (Å²) < 4.78 is 0. The third-order valence-corrected chi connectivity index (χ3v) is 7.07. The highest BCUT2D eigenvalue weighted by Gasteiger charge is 2.30. The van der Waals surface area contributed by atoms with E-state index in [0.29, 0.717) is 12.1 Å². The van der Waals surface area contributed by atoms with Crippen molar-refractivity contribution in [3.8, 4) is 17.2 Å². The molecular formula is C31H30N6O2. The summed E-state index contributed by atoms with van der Waals surface area (Å²) >= 11 is 0. The zero-order valence-electron chi connectivity index (χ0n) is 21.5. The molecule has 2 aromatic carbocycles. The summed E-state index contributed by atoms with van der Waals surface area (Å²) in [5.74, 6) is 0.755. The Labute approximate surface area is 227 Å². The van der Waals surface area contributed by atoms with Crippen LogP contribution >= 0.6 is 0 Å². The predicted molar refractivity (Wildman–Crippen MR) is 152 cm³/mol. The summed E-state index contributed by atoms with van der Waals surface area (Å²) in [5.41, 5.74) is 3.98. The molecule has 4 aromatic rings. The molecule has 3 N–H and O–H groups in total. The lowest BCUT2D eigenvalue weighted by molar-refractivity contribution is 0.240. The van der Waals surface area contributed by atoms with E-state index in [9.17, 15) is 9.59 Å². The zero-order chi connectivity index (χ0) is 27.0. The van der Waals surface area contributed by atoms with Crippen LogP contribution in [0.3, 0.4) is 0 Å². The van der Waals surface area contributed by atoms with Crippen LogP contribution < -0.4 is 21.1 Å². The van der Waals surface area contributed by atoms with Gasteiger partial charge in [-0.05, 0) is 72.7 Å². The Morgan fingerprint density at radius 2 is 1.74 bits per heavy atom. The summed E-state index contributed by atoms with van der Waals surface area (Å²) in [6, 6.07) is 26.9. The molecule has 2 amide bonds. The van der Waals surface area contributed by atoms with Crippen molar-refractivity contribution in [2.75, 3.05) is 10.2 Å². The molecule has 5 rings (SSSR count). The second-order valence-electron chi connectivity index (χ2n) is 9.70. The Morgan fingerprint density at radius 3 is 2.41 bits per heavy atom. The van der Waals surface area contributed by atoms with Crippen LogP contribution in [-0.4, -0.2) is 28.1 Å². The minimum atomic E-state index is -0.153. The zero-order valence-corrected chi connectivity index (χ0v) is 21.5. The first-order chi connectivity index (χ1) is 19.1. The van der Waals surface area contributed by atoms with E-state index in [1.165, 1.54) is 0 Å². The van der Waals surface area contributed by atoms with Crippen LogP contribution in [0.15, 0.2) is 96.1 Å². The maximum Gasteiger partial charge on any atom is 0.322 e. The second kappa shape index (κ2) is 12.1. The van der Waals surface area contributed by atoms with E-state index in [1.54, 1.807) is 24.5 Å². The number of urea groups is 1. The number of nitrogens with one attached hydrogen (secondary N) is 3. The van der Waals surface area contributed by atoms with E-state index in [4.69, 9.17) is 5.26 Å². The first-order valence-electron chi connectivity index (χ1n) is 13.1. The highest BCUT2D eigenvalue weighted by molar-refractivity contribution is 5.93. The van der Waals surface area contributed by atoms with Crippen LogP contribution in [0.4, 0.5) is 16.3 Å². The number of benzene rings is 2. The number of nitrogens with zero attached hydrogens (tertiary/aromatic N) is 3. The molecule has 0 bridgehead atoms. The number of hydrogen-bond donors (Lipinski definition) is 3. The molecule has 8 heteroatoms. The van der Waals surface area contributed by atoms with Crippen molar-refractivity contribution < 1.29 is 4.79 Å². The smallest absolute Gasteiger partial charge is 0.322 e. The summed E-state index contributed by atoms with van der Waals surface area (Å²) in [6.07, 6.45) is 6.65. The van der Waals surface area contributed by atoms with E-state index in [-0.39, 0.29) is 23.7 Å². The predicted octanol–water partition coefficient (Wildman–Crippen LogP) is 5.45. The number of nitriles is 1. The summed E-state index contributed by atoms with van der Waals surface area (Å²) in [6.45, 7) is 0.447. The van der Waals surface area contributed by atoms with Gasteiger partial charge in [-0.15, -0.1) is 0 Å². The van der Waals surface area contributed by atoms with E-state index in [0.717, 1.165) is 53.9 Å². The van der Waals surface area contributed by atoms with Gasteiger partial charge < -0.3 is 15.6 Å². The fourth-order valence-corrected chi connectivity index (χ4v) is 5.02. The first-order valence-corrected chi connectivity index (χ1v) is 13.1. The van der Waals surface area contributed by atoms with Gasteiger partial charge in [0.2, 0.25) is 5.56 Å². The minimum Gasteiger partial charge on any atom is -0.367 e. The number of carbonyl (C=O) groups is 1. The monoisotopic (exact) mass is 518 g/mol. The molecule has 1 fully saturated rings. The number of amides is 2. The van der Waals surface area contributed by atoms with Gasteiger partial charge in [0.15, 0.2) is 0 Å². The van der Waals surface area contributed by atoms with Gasteiger partial charge in [0, 0.05) is 42.8 Å². The van der Waals surface area contributed by atoms with Crippen LogP contribution in [0, 0.1) is 11.3 Å². The van der Waals surface area contributed by atoms with Crippen LogP contribution in [0.25, 0.3) is 11.1 Å². The van der Waals surface area contributed by atoms with Crippen molar-refractivity contribution in [3.05, 3.63) is 113 Å². The van der Waals surface area contributed by atoms with Crippen molar-refractivity contribution in [2.45, 2.75) is 44.3 Å². The molecule has 0 saturated heterocycles. The molecule has 0 aliphatic heterocycles. The van der Waals surface area contributed by atoms with Crippen molar-refractivity contribution in [1.29, 1.82) is 5.26 Å². The summed E-state index contributed by atoms with van der Waals surface area (Å²) in [5, 5.41) is 15.6. The normalized spacial score (nSPS) is 16.6. The van der Waals surface area contributed by atoms with E-state index < -0.39 is 0 Å². The van der Waals surface area contributed by atoms with Crippen LogP contribution in [0.2, 0.25) is 0 Å². The van der Waals surface area contributed by atoms with Gasteiger partial charge in [0.05, 0.1) is 5.56 Å². The minimum absolute atomic E-state index is 0.0400. The Bertz CT molecular complexity index is 1490. The summed E-state index contributed by atoms with van der Waals surface area (Å²) in [7, 11) is 0. The van der Waals surface area contributed by atoms with E-state index in [2.05, 4.69) is 26.7 Å². The number of pyridine rings is 2. The molecule has 1 aliphatic carbocycles. The Morgan fingerprint density at radius 1 is 0.974 bits per heavy atom. The first kappa shape index (κ1) is 25.7. The molecule has 0 unspecified atom stereocenters. The van der Waals surface area contributed by atoms with Gasteiger partial charge >= 0.3 is 6.03 Å². The molecule has 8 nitrogen and oxygen atoms in total. The molecule has 0 atom stereocenters. The molecule has 0 radical (unpaired) electrons. The quantitative estimate of drug-likeness (QED) is 0.301. The largest absolute Gasteiger partial charge is 0.367 e. The lowest BCUT2D eigenvalue weighted by Crippen LogP contribution is -2.48. The Balaban J connectivity index is 1.31. The second-order valence-corrected chi connectivity index (χ2v) is 9.70. The number of H-pyrrole nitrogens is 1. The highest BCUT2D eigenvalue weighted by Crippen LogP contribution is 2.30. The molecule has 196 valence electrons. The van der Waals surface area contributed by atoms with Crippen LogP contribution in [0.5, 0.6) is 0 Å². The van der Waals surface area contributed by atoms with Crippen LogP contribution in [0.1, 0.15) is 36.8 Å². The average molecular weight is 519 g/mol. The number of aromatic amines is 1. The van der Waals surface area contributed by atoms with Gasteiger partial charge in [-0.25, -0.2) is 9.78 Å². The molecule has 2 heterocycles. The lowest BCUT2D eigenvalue weighted by Gasteiger charge is -2.37. The number of aromatic nitrogens is 2. The maximum atomic E-state index is 13.6. The van der Waals surface area contributed by atoms with Gasteiger partial charge in [0.1, 0.15) is 11.9 Å². The SMILES string of the molecule is N#Cc1ccc(N[C@H]2CC[C@H](N(C(=O)NCc3ccccc3)c3ccc(-c4cc[nH]c(=O)c4)cc3)CC2)nc1. The van der Waals surface area contributed by atoms with Gasteiger partial charge in [-0.3, -0.25) is 9.69 Å². The van der Waals surface area contributed by atoms with Gasteiger partial charge in [-0.2, -0.15) is 5.26 Å². The van der Waals surface area contributed by atoms with E-state index in [1.807, 2.05) is 71.6 Å². The number of hydrogen-bond acceptors (Lipinski definition) is 5. The molecular weight excluding hydrogens is 488 g/mol. The molecule has 39 heavy (non-hydrogen) atoms.